The van der Waals surface area contributed by atoms with Crippen molar-refractivity contribution in [3.05, 3.63) is 60.4 Å². The zero-order valence-corrected chi connectivity index (χ0v) is 13.2. The molecule has 118 valence electrons. The standard InChI is InChI=1S/C18H11N7/c1-11-22-18-15-14(12-5-3-2-4-6-12)13(9-19)16-20-7-8-24(16)17(15)21-10-25(18)23-11/h2-8,10H,1H3. The fourth-order valence-electron chi connectivity index (χ4n) is 3.26. The lowest BCUT2D eigenvalue weighted by Gasteiger charge is -2.11. The average Bonchev–Trinajstić information content (AvgIpc) is 3.26. The first kappa shape index (κ1) is 13.6. The maximum absolute atomic E-state index is 9.87. The van der Waals surface area contributed by atoms with Crippen molar-refractivity contribution < 1.29 is 0 Å². The Hall–Kier alpha value is -3.79. The molecule has 0 unspecified atom stereocenters. The fourth-order valence-corrected chi connectivity index (χ4v) is 3.26. The first-order chi connectivity index (χ1) is 12.3. The van der Waals surface area contributed by atoms with Crippen LogP contribution in [0.2, 0.25) is 0 Å². The molecule has 0 amide bonds. The van der Waals surface area contributed by atoms with Crippen LogP contribution in [0.25, 0.3) is 33.5 Å². The third kappa shape index (κ3) is 1.79. The number of hydrogen-bond donors (Lipinski definition) is 0. The Balaban J connectivity index is 2.14. The molecule has 0 saturated heterocycles. The van der Waals surface area contributed by atoms with Crippen LogP contribution in [0, 0.1) is 18.3 Å². The molecule has 0 atom stereocenters. The normalized spacial score (nSPS) is 11.4. The van der Waals surface area contributed by atoms with Gasteiger partial charge in [-0.25, -0.2) is 19.5 Å². The number of fused-ring (bicyclic) bond motifs is 5. The molecule has 0 aliphatic heterocycles. The summed E-state index contributed by atoms with van der Waals surface area (Å²) in [6, 6.07) is 12.1. The van der Waals surface area contributed by atoms with Crippen LogP contribution in [0.4, 0.5) is 0 Å². The van der Waals surface area contributed by atoms with Gasteiger partial charge in [-0.05, 0) is 12.5 Å². The first-order valence-corrected chi connectivity index (χ1v) is 7.74. The molecule has 0 bridgehead atoms. The molecule has 0 N–H and O–H groups in total. The van der Waals surface area contributed by atoms with Gasteiger partial charge in [0.1, 0.15) is 23.8 Å². The van der Waals surface area contributed by atoms with Gasteiger partial charge in [0, 0.05) is 18.0 Å². The molecule has 0 aliphatic carbocycles. The second kappa shape index (κ2) is 4.85. The van der Waals surface area contributed by atoms with E-state index in [1.54, 1.807) is 23.2 Å². The molecular formula is C18H11N7. The van der Waals surface area contributed by atoms with Crippen molar-refractivity contribution in [3.8, 4) is 17.2 Å². The lowest BCUT2D eigenvalue weighted by molar-refractivity contribution is 0.904. The number of nitrogens with zero attached hydrogens (tertiary/aromatic N) is 7. The lowest BCUT2D eigenvalue weighted by atomic mass is 9.98. The van der Waals surface area contributed by atoms with Gasteiger partial charge in [-0.15, -0.1) is 0 Å². The molecule has 7 nitrogen and oxygen atoms in total. The summed E-state index contributed by atoms with van der Waals surface area (Å²) < 4.78 is 3.47. The molecule has 0 radical (unpaired) electrons. The summed E-state index contributed by atoms with van der Waals surface area (Å²) in [5.74, 6) is 0.651. The van der Waals surface area contributed by atoms with Gasteiger partial charge in [-0.2, -0.15) is 10.4 Å². The number of pyridine rings is 1. The first-order valence-electron chi connectivity index (χ1n) is 7.74. The van der Waals surface area contributed by atoms with Crippen LogP contribution < -0.4 is 0 Å². The van der Waals surface area contributed by atoms with E-state index in [1.807, 2.05) is 41.7 Å². The molecule has 4 aromatic heterocycles. The second-order valence-electron chi connectivity index (χ2n) is 5.72. The van der Waals surface area contributed by atoms with E-state index in [2.05, 4.69) is 26.1 Å². The Labute approximate surface area is 141 Å². The third-order valence-electron chi connectivity index (χ3n) is 4.24. The van der Waals surface area contributed by atoms with Crippen LogP contribution in [0.1, 0.15) is 11.4 Å². The number of aryl methyl sites for hydroxylation is 1. The van der Waals surface area contributed by atoms with Gasteiger partial charge in [0.2, 0.25) is 0 Å². The predicted molar refractivity (Wildman–Crippen MR) is 91.9 cm³/mol. The molecule has 0 saturated carbocycles. The van der Waals surface area contributed by atoms with Crippen LogP contribution in [0.3, 0.4) is 0 Å². The van der Waals surface area contributed by atoms with Gasteiger partial charge in [0.25, 0.3) is 0 Å². The van der Waals surface area contributed by atoms with E-state index in [0.717, 1.165) is 16.5 Å². The summed E-state index contributed by atoms with van der Waals surface area (Å²) in [6.45, 7) is 1.84. The highest BCUT2D eigenvalue weighted by molar-refractivity contribution is 6.06. The Bertz CT molecular complexity index is 1310. The molecule has 4 heterocycles. The van der Waals surface area contributed by atoms with Gasteiger partial charge in [0.15, 0.2) is 16.9 Å². The van der Waals surface area contributed by atoms with Gasteiger partial charge in [-0.3, -0.25) is 4.40 Å². The number of imidazole rings is 1. The van der Waals surface area contributed by atoms with Gasteiger partial charge in [0.05, 0.1) is 5.39 Å². The summed E-state index contributed by atoms with van der Waals surface area (Å²) in [4.78, 5) is 13.5. The summed E-state index contributed by atoms with van der Waals surface area (Å²) in [5, 5.41) is 15.0. The molecule has 5 rings (SSSR count). The van der Waals surface area contributed by atoms with Gasteiger partial charge >= 0.3 is 0 Å². The zero-order valence-electron chi connectivity index (χ0n) is 13.2. The molecular weight excluding hydrogens is 314 g/mol. The van der Waals surface area contributed by atoms with Crippen molar-refractivity contribution in [3.63, 3.8) is 0 Å². The SMILES string of the molecule is Cc1nc2c3c(-c4ccccc4)c(C#N)c4nccn4c3ncn2n1. The summed E-state index contributed by atoms with van der Waals surface area (Å²) in [5.41, 5.74) is 4.16. The van der Waals surface area contributed by atoms with E-state index in [-0.39, 0.29) is 0 Å². The number of benzene rings is 1. The van der Waals surface area contributed by atoms with Crippen molar-refractivity contribution in [1.82, 2.24) is 29.0 Å². The van der Waals surface area contributed by atoms with E-state index in [0.29, 0.717) is 28.3 Å². The van der Waals surface area contributed by atoms with Crippen LogP contribution >= 0.6 is 0 Å². The van der Waals surface area contributed by atoms with E-state index >= 15 is 0 Å². The van der Waals surface area contributed by atoms with Crippen molar-refractivity contribution in [2.75, 3.05) is 0 Å². The Morgan fingerprint density at radius 2 is 1.88 bits per heavy atom. The average molecular weight is 325 g/mol. The van der Waals surface area contributed by atoms with Gasteiger partial charge in [-0.1, -0.05) is 30.3 Å². The van der Waals surface area contributed by atoms with Crippen LogP contribution in [0.5, 0.6) is 0 Å². The highest BCUT2D eigenvalue weighted by atomic mass is 15.3. The summed E-state index contributed by atoms with van der Waals surface area (Å²) >= 11 is 0. The van der Waals surface area contributed by atoms with E-state index in [1.165, 1.54) is 0 Å². The van der Waals surface area contributed by atoms with E-state index < -0.39 is 0 Å². The maximum atomic E-state index is 9.87. The Morgan fingerprint density at radius 1 is 1.04 bits per heavy atom. The van der Waals surface area contributed by atoms with Crippen molar-refractivity contribution in [1.29, 1.82) is 5.26 Å². The van der Waals surface area contributed by atoms with Crippen molar-refractivity contribution >= 4 is 22.3 Å². The number of nitriles is 1. The second-order valence-corrected chi connectivity index (χ2v) is 5.72. The largest absolute Gasteiger partial charge is 0.283 e. The fraction of sp³-hybridized carbons (Fsp3) is 0.0556. The number of hydrogen-bond acceptors (Lipinski definition) is 5. The maximum Gasteiger partial charge on any atom is 0.169 e. The number of aromatic nitrogens is 6. The van der Waals surface area contributed by atoms with E-state index in [9.17, 15) is 5.26 Å². The van der Waals surface area contributed by atoms with Crippen LogP contribution in [0.15, 0.2) is 49.1 Å². The Morgan fingerprint density at radius 3 is 2.68 bits per heavy atom. The molecule has 0 fully saturated rings. The van der Waals surface area contributed by atoms with Crippen molar-refractivity contribution in [2.45, 2.75) is 6.92 Å². The van der Waals surface area contributed by atoms with Crippen molar-refractivity contribution in [2.24, 2.45) is 0 Å². The summed E-state index contributed by atoms with van der Waals surface area (Å²) in [7, 11) is 0. The molecule has 5 aromatic rings. The highest BCUT2D eigenvalue weighted by Gasteiger charge is 2.21. The monoisotopic (exact) mass is 325 g/mol. The third-order valence-corrected chi connectivity index (χ3v) is 4.24. The minimum Gasteiger partial charge on any atom is -0.283 e. The summed E-state index contributed by atoms with van der Waals surface area (Å²) in [6.07, 6.45) is 5.11. The molecule has 0 spiro atoms. The quantitative estimate of drug-likeness (QED) is 0.473. The van der Waals surface area contributed by atoms with Crippen LogP contribution in [-0.2, 0) is 0 Å². The lowest BCUT2D eigenvalue weighted by Crippen LogP contribution is -2.02. The molecule has 1 aromatic carbocycles. The zero-order chi connectivity index (χ0) is 17.0. The van der Waals surface area contributed by atoms with E-state index in [4.69, 9.17) is 0 Å². The molecule has 7 heteroatoms. The van der Waals surface area contributed by atoms with Crippen LogP contribution in [-0.4, -0.2) is 29.0 Å². The smallest absolute Gasteiger partial charge is 0.169 e. The highest BCUT2D eigenvalue weighted by Crippen LogP contribution is 2.35. The minimum absolute atomic E-state index is 0.499. The molecule has 0 aliphatic rings. The Kier molecular flexibility index (Phi) is 2.64. The number of rotatable bonds is 1. The minimum atomic E-state index is 0.499. The topological polar surface area (TPSA) is 84.2 Å². The van der Waals surface area contributed by atoms with Gasteiger partial charge < -0.3 is 0 Å². The predicted octanol–water partition coefficient (Wildman–Crippen LogP) is 2.77. The molecule has 25 heavy (non-hydrogen) atoms.